The molecule has 1 aliphatic rings. The second-order valence-corrected chi connectivity index (χ2v) is 8.36. The molecule has 0 radical (unpaired) electrons. The second kappa shape index (κ2) is 8.42. The highest BCUT2D eigenvalue weighted by molar-refractivity contribution is 6.00. The van der Waals surface area contributed by atoms with Crippen molar-refractivity contribution < 1.29 is 9.21 Å². The molecular formula is C25H30N2O2. The van der Waals surface area contributed by atoms with Gasteiger partial charge in [0.15, 0.2) is 5.76 Å². The highest BCUT2D eigenvalue weighted by Gasteiger charge is 2.24. The lowest BCUT2D eigenvalue weighted by molar-refractivity contribution is 0.0921. The fraction of sp³-hybridized carbons (Fsp3) is 0.400. The van der Waals surface area contributed by atoms with Gasteiger partial charge in [-0.1, -0.05) is 42.5 Å². The molecule has 3 aromatic rings. The van der Waals surface area contributed by atoms with E-state index >= 15 is 0 Å². The number of benzene rings is 2. The first-order valence-corrected chi connectivity index (χ1v) is 10.6. The van der Waals surface area contributed by atoms with E-state index in [2.05, 4.69) is 53.5 Å². The lowest BCUT2D eigenvalue weighted by atomic mass is 10.0. The van der Waals surface area contributed by atoms with Crippen LogP contribution in [-0.4, -0.2) is 37.0 Å². The Hall–Kier alpha value is -2.59. The molecule has 4 heteroatoms. The van der Waals surface area contributed by atoms with Gasteiger partial charge in [-0.3, -0.25) is 4.79 Å². The number of amides is 1. The third-order valence-electron chi connectivity index (χ3n) is 6.17. The van der Waals surface area contributed by atoms with Crippen LogP contribution in [-0.2, 0) is 6.42 Å². The van der Waals surface area contributed by atoms with Crippen molar-refractivity contribution in [2.75, 3.05) is 26.2 Å². The first-order chi connectivity index (χ1) is 14.0. The predicted octanol–water partition coefficient (Wildman–Crippen LogP) is 4.65. The number of likely N-dealkylation sites (tertiary alicyclic amines) is 1. The smallest absolute Gasteiger partial charge is 0.287 e. The summed E-state index contributed by atoms with van der Waals surface area (Å²) < 4.78 is 5.97. The van der Waals surface area contributed by atoms with E-state index in [1.165, 1.54) is 5.56 Å². The molecule has 0 aliphatic carbocycles. The fourth-order valence-corrected chi connectivity index (χ4v) is 4.42. The molecule has 1 N–H and O–H groups in total. The van der Waals surface area contributed by atoms with Crippen LogP contribution in [0.3, 0.4) is 0 Å². The zero-order chi connectivity index (χ0) is 20.4. The number of nitrogens with one attached hydrogen (secondary N) is 1. The summed E-state index contributed by atoms with van der Waals surface area (Å²) in [5.41, 5.74) is 5.37. The van der Waals surface area contributed by atoms with E-state index in [9.17, 15) is 4.79 Å². The number of aryl methyl sites for hydroxylation is 3. The number of furan rings is 1. The summed E-state index contributed by atoms with van der Waals surface area (Å²) in [6.07, 6.45) is 2.21. The van der Waals surface area contributed by atoms with Gasteiger partial charge in [0.05, 0.1) is 0 Å². The number of hydrogen-bond acceptors (Lipinski definition) is 3. The number of rotatable bonds is 6. The van der Waals surface area contributed by atoms with Gasteiger partial charge in [0.1, 0.15) is 5.58 Å². The molecule has 4 rings (SSSR count). The maximum Gasteiger partial charge on any atom is 0.287 e. The Balaban J connectivity index is 1.32. The van der Waals surface area contributed by atoms with E-state index in [0.717, 1.165) is 60.1 Å². The molecule has 1 atom stereocenters. The quantitative estimate of drug-likeness (QED) is 0.666. The predicted molar refractivity (Wildman–Crippen MR) is 117 cm³/mol. The summed E-state index contributed by atoms with van der Waals surface area (Å²) in [7, 11) is 0. The van der Waals surface area contributed by atoms with Crippen LogP contribution in [0.4, 0.5) is 0 Å². The maximum atomic E-state index is 12.8. The largest absolute Gasteiger partial charge is 0.450 e. The number of carbonyl (C=O) groups is 1. The minimum Gasteiger partial charge on any atom is -0.450 e. The number of carbonyl (C=O) groups excluding carboxylic acids is 1. The van der Waals surface area contributed by atoms with E-state index in [0.29, 0.717) is 18.2 Å². The van der Waals surface area contributed by atoms with Crippen molar-refractivity contribution in [1.29, 1.82) is 0 Å². The van der Waals surface area contributed by atoms with Gasteiger partial charge in [-0.15, -0.1) is 0 Å². The van der Waals surface area contributed by atoms with Gasteiger partial charge in [-0.25, -0.2) is 0 Å². The van der Waals surface area contributed by atoms with Crippen LogP contribution in [0.5, 0.6) is 0 Å². The van der Waals surface area contributed by atoms with Crippen LogP contribution in [0.1, 0.15) is 39.2 Å². The van der Waals surface area contributed by atoms with Crippen LogP contribution in [0.25, 0.3) is 11.0 Å². The molecule has 152 valence electrons. The standard InChI is InChI=1S/C25H30N2O2/c1-17-9-10-18(2)23-22(17)19(3)24(29-23)25(28)26-15-21-12-14-27(16-21)13-11-20-7-5-4-6-8-20/h4-10,21H,11-16H2,1-3H3,(H,26,28). The van der Waals surface area contributed by atoms with Crippen LogP contribution in [0.2, 0.25) is 0 Å². The van der Waals surface area contributed by atoms with Gasteiger partial charge >= 0.3 is 0 Å². The molecule has 0 saturated carbocycles. The molecule has 2 aromatic carbocycles. The molecule has 1 unspecified atom stereocenters. The molecule has 1 amide bonds. The van der Waals surface area contributed by atoms with Crippen molar-refractivity contribution in [2.45, 2.75) is 33.6 Å². The van der Waals surface area contributed by atoms with Gasteiger partial charge in [0, 0.05) is 30.6 Å². The van der Waals surface area contributed by atoms with Crippen molar-refractivity contribution in [2.24, 2.45) is 5.92 Å². The summed E-state index contributed by atoms with van der Waals surface area (Å²) >= 11 is 0. The van der Waals surface area contributed by atoms with Gasteiger partial charge < -0.3 is 14.6 Å². The monoisotopic (exact) mass is 390 g/mol. The summed E-state index contributed by atoms with van der Waals surface area (Å²) in [5.74, 6) is 0.861. The molecule has 1 aromatic heterocycles. The summed E-state index contributed by atoms with van der Waals surface area (Å²) in [5, 5.41) is 4.19. The zero-order valence-electron chi connectivity index (χ0n) is 17.6. The van der Waals surface area contributed by atoms with Crippen LogP contribution < -0.4 is 5.32 Å². The molecule has 1 aliphatic heterocycles. The number of hydrogen-bond donors (Lipinski definition) is 1. The Labute approximate surface area is 172 Å². The van der Waals surface area contributed by atoms with Crippen molar-refractivity contribution in [1.82, 2.24) is 10.2 Å². The van der Waals surface area contributed by atoms with E-state index in [1.54, 1.807) is 0 Å². The number of nitrogens with zero attached hydrogens (tertiary/aromatic N) is 1. The number of fused-ring (bicyclic) bond motifs is 1. The van der Waals surface area contributed by atoms with E-state index in [1.807, 2.05) is 19.9 Å². The van der Waals surface area contributed by atoms with Crippen molar-refractivity contribution in [3.05, 3.63) is 70.5 Å². The molecule has 29 heavy (non-hydrogen) atoms. The van der Waals surface area contributed by atoms with Crippen LogP contribution >= 0.6 is 0 Å². The maximum absolute atomic E-state index is 12.8. The topological polar surface area (TPSA) is 45.5 Å². The third kappa shape index (κ3) is 4.23. The first kappa shape index (κ1) is 19.7. The Kier molecular flexibility index (Phi) is 5.72. The van der Waals surface area contributed by atoms with Crippen LogP contribution in [0.15, 0.2) is 46.9 Å². The summed E-state index contributed by atoms with van der Waals surface area (Å²) in [6, 6.07) is 14.8. The molecule has 0 spiro atoms. The Bertz CT molecular complexity index is 1010. The molecule has 2 heterocycles. The van der Waals surface area contributed by atoms with Gasteiger partial charge in [-0.05, 0) is 62.8 Å². The molecule has 0 bridgehead atoms. The average Bonchev–Trinajstić information content (AvgIpc) is 3.33. The SMILES string of the molecule is Cc1ccc(C)c2c(C)c(C(=O)NCC3CCN(CCc4ccccc4)C3)oc12. The Morgan fingerprint density at radius 1 is 1.10 bits per heavy atom. The normalized spacial score (nSPS) is 17.1. The highest BCUT2D eigenvalue weighted by atomic mass is 16.3. The molecule has 1 saturated heterocycles. The third-order valence-corrected chi connectivity index (χ3v) is 6.17. The zero-order valence-corrected chi connectivity index (χ0v) is 17.6. The van der Waals surface area contributed by atoms with Gasteiger partial charge in [0.2, 0.25) is 0 Å². The van der Waals surface area contributed by atoms with E-state index < -0.39 is 0 Å². The van der Waals surface area contributed by atoms with E-state index in [4.69, 9.17) is 4.42 Å². The van der Waals surface area contributed by atoms with Crippen LogP contribution in [0, 0.1) is 26.7 Å². The second-order valence-electron chi connectivity index (χ2n) is 8.36. The minimum atomic E-state index is -0.0970. The van der Waals surface area contributed by atoms with Gasteiger partial charge in [0.25, 0.3) is 5.91 Å². The lowest BCUT2D eigenvalue weighted by Gasteiger charge is -2.16. The highest BCUT2D eigenvalue weighted by Crippen LogP contribution is 2.30. The summed E-state index contributed by atoms with van der Waals surface area (Å²) in [4.78, 5) is 15.3. The van der Waals surface area contributed by atoms with E-state index in [-0.39, 0.29) is 5.91 Å². The van der Waals surface area contributed by atoms with Crippen molar-refractivity contribution >= 4 is 16.9 Å². The molecular weight excluding hydrogens is 360 g/mol. The van der Waals surface area contributed by atoms with Crippen molar-refractivity contribution in [3.8, 4) is 0 Å². The van der Waals surface area contributed by atoms with Crippen molar-refractivity contribution in [3.63, 3.8) is 0 Å². The fourth-order valence-electron chi connectivity index (χ4n) is 4.42. The first-order valence-electron chi connectivity index (χ1n) is 10.6. The Morgan fingerprint density at radius 3 is 2.62 bits per heavy atom. The summed E-state index contributed by atoms with van der Waals surface area (Å²) in [6.45, 7) is 10.0. The van der Waals surface area contributed by atoms with Gasteiger partial charge in [-0.2, -0.15) is 0 Å². The molecule has 1 fully saturated rings. The minimum absolute atomic E-state index is 0.0970. The lowest BCUT2D eigenvalue weighted by Crippen LogP contribution is -2.31. The average molecular weight is 391 g/mol. The Morgan fingerprint density at radius 2 is 1.86 bits per heavy atom. The molecule has 4 nitrogen and oxygen atoms in total.